The molecule has 2 amide bonds. The molecule has 1 aliphatic rings. The fourth-order valence-electron chi connectivity index (χ4n) is 2.78. The Balaban J connectivity index is 1.53. The summed E-state index contributed by atoms with van der Waals surface area (Å²) >= 11 is 0. The number of hydrogen-bond donors (Lipinski definition) is 4. The van der Waals surface area contributed by atoms with Crippen molar-refractivity contribution in [2.75, 3.05) is 0 Å². The summed E-state index contributed by atoms with van der Waals surface area (Å²) < 4.78 is 22.7. The molecular weight excluding hydrogens is 330 g/mol. The summed E-state index contributed by atoms with van der Waals surface area (Å²) in [5.41, 5.74) is 2.93. The van der Waals surface area contributed by atoms with Crippen LogP contribution < -0.4 is 15.8 Å². The molecule has 24 heavy (non-hydrogen) atoms. The first-order chi connectivity index (χ1) is 11.4. The van der Waals surface area contributed by atoms with Crippen LogP contribution in [-0.2, 0) is 29.4 Å². The number of aryl methyl sites for hydroxylation is 1. The number of amides is 2. The van der Waals surface area contributed by atoms with E-state index >= 15 is 0 Å². The van der Waals surface area contributed by atoms with E-state index in [1.54, 1.807) is 12.1 Å². The zero-order valence-electron chi connectivity index (χ0n) is 13.0. The fourth-order valence-corrected chi connectivity index (χ4v) is 3.37. The summed E-state index contributed by atoms with van der Waals surface area (Å²) in [6.07, 6.45) is 4.29. The molecule has 0 radical (unpaired) electrons. The molecule has 5 N–H and O–H groups in total. The van der Waals surface area contributed by atoms with Gasteiger partial charge in [0.1, 0.15) is 0 Å². The minimum absolute atomic E-state index is 0.0289. The standard InChI is InChI=1S/C15H19N5O3S/c16-24(22,23)13-3-1-2-10(6-13)8-17-15(21)19-12-5-4-11-9-18-20-14(11)7-12/h1-3,6,9,12H,4-5,7-8H2,(H,18,20)(H2,16,22,23)(H2,17,19,21)/t12-/m1/s1. The molecule has 128 valence electrons. The van der Waals surface area contributed by atoms with Gasteiger partial charge in [0.25, 0.3) is 0 Å². The van der Waals surface area contributed by atoms with Crippen LogP contribution in [0.3, 0.4) is 0 Å². The molecule has 3 rings (SSSR count). The number of fused-ring (bicyclic) bond motifs is 1. The number of hydrogen-bond acceptors (Lipinski definition) is 4. The summed E-state index contributed by atoms with van der Waals surface area (Å²) in [6, 6.07) is 5.95. The van der Waals surface area contributed by atoms with Crippen molar-refractivity contribution in [3.63, 3.8) is 0 Å². The van der Waals surface area contributed by atoms with Gasteiger partial charge in [0.05, 0.1) is 11.1 Å². The van der Waals surface area contributed by atoms with E-state index in [0.29, 0.717) is 5.56 Å². The number of primary sulfonamides is 1. The Bertz CT molecular complexity index is 846. The average Bonchev–Trinajstić information content (AvgIpc) is 3.00. The summed E-state index contributed by atoms with van der Waals surface area (Å²) in [5, 5.41) is 17.7. The molecule has 0 saturated carbocycles. The molecule has 1 aromatic heterocycles. The zero-order valence-corrected chi connectivity index (χ0v) is 13.8. The number of urea groups is 1. The highest BCUT2D eigenvalue weighted by Gasteiger charge is 2.21. The van der Waals surface area contributed by atoms with Crippen LogP contribution in [0.1, 0.15) is 23.2 Å². The molecule has 1 aromatic carbocycles. The van der Waals surface area contributed by atoms with Crippen LogP contribution in [-0.4, -0.2) is 30.7 Å². The Labute approximate surface area is 139 Å². The average molecular weight is 349 g/mol. The van der Waals surface area contributed by atoms with Crippen LogP contribution in [0.2, 0.25) is 0 Å². The normalized spacial score (nSPS) is 17.1. The van der Waals surface area contributed by atoms with E-state index in [0.717, 1.165) is 25.0 Å². The van der Waals surface area contributed by atoms with E-state index in [-0.39, 0.29) is 23.5 Å². The van der Waals surface area contributed by atoms with Gasteiger partial charge in [-0.05, 0) is 36.1 Å². The Morgan fingerprint density at radius 3 is 3.04 bits per heavy atom. The van der Waals surface area contributed by atoms with Crippen LogP contribution in [0.25, 0.3) is 0 Å². The predicted octanol–water partition coefficient (Wildman–Crippen LogP) is 0.414. The van der Waals surface area contributed by atoms with Crippen molar-refractivity contribution >= 4 is 16.1 Å². The van der Waals surface area contributed by atoms with E-state index in [4.69, 9.17) is 5.14 Å². The fraction of sp³-hybridized carbons (Fsp3) is 0.333. The topological polar surface area (TPSA) is 130 Å². The summed E-state index contributed by atoms with van der Waals surface area (Å²) in [4.78, 5) is 12.1. The third-order valence-electron chi connectivity index (χ3n) is 4.04. The third kappa shape index (κ3) is 3.92. The molecule has 8 nitrogen and oxygen atoms in total. The van der Waals surface area contributed by atoms with Gasteiger partial charge in [-0.3, -0.25) is 5.10 Å². The molecule has 0 aliphatic heterocycles. The molecule has 0 fully saturated rings. The van der Waals surface area contributed by atoms with Gasteiger partial charge in [-0.25, -0.2) is 18.4 Å². The van der Waals surface area contributed by atoms with Crippen LogP contribution in [0.5, 0.6) is 0 Å². The lowest BCUT2D eigenvalue weighted by molar-refractivity contribution is 0.235. The van der Waals surface area contributed by atoms with Crippen molar-refractivity contribution in [1.82, 2.24) is 20.8 Å². The van der Waals surface area contributed by atoms with Crippen LogP contribution in [0, 0.1) is 0 Å². The van der Waals surface area contributed by atoms with Gasteiger partial charge in [0.2, 0.25) is 10.0 Å². The highest BCUT2D eigenvalue weighted by Crippen LogP contribution is 2.18. The van der Waals surface area contributed by atoms with Crippen LogP contribution in [0.4, 0.5) is 4.79 Å². The molecule has 9 heteroatoms. The van der Waals surface area contributed by atoms with Crippen LogP contribution >= 0.6 is 0 Å². The molecule has 0 spiro atoms. The van der Waals surface area contributed by atoms with Gasteiger partial charge in [-0.2, -0.15) is 5.10 Å². The number of carbonyl (C=O) groups excluding carboxylic acids is 1. The van der Waals surface area contributed by atoms with Gasteiger partial charge < -0.3 is 10.6 Å². The maximum absolute atomic E-state index is 12.0. The lowest BCUT2D eigenvalue weighted by Gasteiger charge is -2.23. The first-order valence-electron chi connectivity index (χ1n) is 7.59. The number of nitrogens with two attached hydrogens (primary N) is 1. The zero-order chi connectivity index (χ0) is 17.2. The summed E-state index contributed by atoms with van der Waals surface area (Å²) in [7, 11) is -3.75. The van der Waals surface area contributed by atoms with E-state index in [1.165, 1.54) is 17.7 Å². The second-order valence-electron chi connectivity index (χ2n) is 5.83. The number of benzene rings is 1. The SMILES string of the molecule is NS(=O)(=O)c1cccc(CNC(=O)N[C@@H]2CCc3cn[nH]c3C2)c1. The highest BCUT2D eigenvalue weighted by molar-refractivity contribution is 7.89. The number of carbonyl (C=O) groups is 1. The van der Waals surface area contributed by atoms with Gasteiger partial charge in [-0.15, -0.1) is 0 Å². The highest BCUT2D eigenvalue weighted by atomic mass is 32.2. The quantitative estimate of drug-likeness (QED) is 0.637. The molecule has 0 unspecified atom stereocenters. The number of nitrogens with zero attached hydrogens (tertiary/aromatic N) is 1. The number of aromatic amines is 1. The van der Waals surface area contributed by atoms with Gasteiger partial charge >= 0.3 is 6.03 Å². The Hall–Kier alpha value is -2.39. The maximum atomic E-state index is 12.0. The number of aromatic nitrogens is 2. The number of sulfonamides is 1. The number of H-pyrrole nitrogens is 1. The first-order valence-corrected chi connectivity index (χ1v) is 9.13. The molecular formula is C15H19N5O3S. The molecule has 1 aliphatic carbocycles. The predicted molar refractivity (Wildman–Crippen MR) is 87.6 cm³/mol. The Morgan fingerprint density at radius 1 is 1.42 bits per heavy atom. The molecule has 2 aromatic rings. The largest absolute Gasteiger partial charge is 0.335 e. The summed E-state index contributed by atoms with van der Waals surface area (Å²) in [5.74, 6) is 0. The lowest BCUT2D eigenvalue weighted by Crippen LogP contribution is -2.44. The molecule has 1 heterocycles. The van der Waals surface area contributed by atoms with Crippen molar-refractivity contribution in [2.24, 2.45) is 5.14 Å². The second kappa shape index (κ2) is 6.62. The Morgan fingerprint density at radius 2 is 2.25 bits per heavy atom. The van der Waals surface area contributed by atoms with Crippen molar-refractivity contribution < 1.29 is 13.2 Å². The Kier molecular flexibility index (Phi) is 4.54. The number of nitrogens with one attached hydrogen (secondary N) is 3. The molecule has 1 atom stereocenters. The van der Waals surface area contributed by atoms with Crippen LogP contribution in [0.15, 0.2) is 35.4 Å². The minimum atomic E-state index is -3.75. The van der Waals surface area contributed by atoms with Gasteiger partial charge in [-0.1, -0.05) is 12.1 Å². The second-order valence-corrected chi connectivity index (χ2v) is 7.39. The van der Waals surface area contributed by atoms with Crippen molar-refractivity contribution in [2.45, 2.75) is 36.7 Å². The minimum Gasteiger partial charge on any atom is -0.335 e. The van der Waals surface area contributed by atoms with E-state index in [2.05, 4.69) is 20.8 Å². The molecule has 0 bridgehead atoms. The van der Waals surface area contributed by atoms with E-state index in [1.807, 2.05) is 6.20 Å². The van der Waals surface area contributed by atoms with Crippen molar-refractivity contribution in [1.29, 1.82) is 0 Å². The number of rotatable bonds is 4. The van der Waals surface area contributed by atoms with Crippen molar-refractivity contribution in [3.8, 4) is 0 Å². The lowest BCUT2D eigenvalue weighted by atomic mass is 9.94. The first kappa shape index (κ1) is 16.5. The third-order valence-corrected chi connectivity index (χ3v) is 4.95. The maximum Gasteiger partial charge on any atom is 0.315 e. The smallest absolute Gasteiger partial charge is 0.315 e. The van der Waals surface area contributed by atoms with Gasteiger partial charge in [0, 0.05) is 24.7 Å². The van der Waals surface area contributed by atoms with Gasteiger partial charge in [0.15, 0.2) is 0 Å². The van der Waals surface area contributed by atoms with Crippen molar-refractivity contribution in [3.05, 3.63) is 47.3 Å². The van der Waals surface area contributed by atoms with E-state index in [9.17, 15) is 13.2 Å². The van der Waals surface area contributed by atoms with E-state index < -0.39 is 10.0 Å². The monoisotopic (exact) mass is 349 g/mol. The molecule has 0 saturated heterocycles. The summed E-state index contributed by atoms with van der Waals surface area (Å²) in [6.45, 7) is 0.219.